The van der Waals surface area contributed by atoms with E-state index in [4.69, 9.17) is 4.43 Å². The molecular weight excluding hydrogens is 394 g/mol. The van der Waals surface area contributed by atoms with Crippen molar-refractivity contribution in [3.8, 4) is 0 Å². The van der Waals surface area contributed by atoms with E-state index >= 15 is 0 Å². The summed E-state index contributed by atoms with van der Waals surface area (Å²) in [6, 6.07) is 9.13. The molecule has 1 heterocycles. The maximum Gasteiger partial charge on any atom is 0.314 e. The first-order valence-corrected chi connectivity index (χ1v) is 13.7. The van der Waals surface area contributed by atoms with Crippen molar-refractivity contribution in [2.45, 2.75) is 85.1 Å². The second-order valence-electron chi connectivity index (χ2n) is 11.3. The number of hydrogen-bond acceptors (Lipinski definition) is 3. The van der Waals surface area contributed by atoms with Crippen LogP contribution in [-0.4, -0.2) is 42.8 Å². The van der Waals surface area contributed by atoms with Gasteiger partial charge in [-0.25, -0.2) is 0 Å². The molecule has 6 heteroatoms. The van der Waals surface area contributed by atoms with Crippen LogP contribution in [0.5, 0.6) is 0 Å². The summed E-state index contributed by atoms with van der Waals surface area (Å²) in [6.45, 7) is 18.8. The van der Waals surface area contributed by atoms with Crippen LogP contribution in [0.25, 0.3) is 0 Å². The van der Waals surface area contributed by atoms with Crippen LogP contribution in [0.15, 0.2) is 30.3 Å². The molecule has 0 radical (unpaired) electrons. The van der Waals surface area contributed by atoms with Gasteiger partial charge in [-0.3, -0.25) is 9.59 Å². The minimum atomic E-state index is -2.18. The van der Waals surface area contributed by atoms with Crippen LogP contribution in [0.2, 0.25) is 18.1 Å². The summed E-state index contributed by atoms with van der Waals surface area (Å²) in [4.78, 5) is 27.9. The second kappa shape index (κ2) is 8.12. The molecule has 1 aliphatic heterocycles. The second-order valence-corrected chi connectivity index (χ2v) is 16.2. The number of carbonyl (C=O) groups excluding carboxylic acids is 1. The number of carboxylic acids is 1. The molecule has 0 bridgehead atoms. The molecule has 1 aliphatic rings. The Balaban J connectivity index is 2.52. The number of rotatable bonds is 6. The molecule has 1 aromatic carbocycles. The highest BCUT2D eigenvalue weighted by atomic mass is 28.4. The number of benzene rings is 1. The first kappa shape index (κ1) is 24.6. The molecule has 168 valence electrons. The molecule has 1 saturated heterocycles. The Morgan fingerprint density at radius 1 is 1.20 bits per heavy atom. The van der Waals surface area contributed by atoms with E-state index < -0.39 is 31.2 Å². The summed E-state index contributed by atoms with van der Waals surface area (Å²) in [5.41, 5.74) is -0.690. The Morgan fingerprint density at radius 2 is 1.73 bits per heavy atom. The third-order valence-corrected chi connectivity index (χ3v) is 11.5. The first-order valence-electron chi connectivity index (χ1n) is 10.8. The van der Waals surface area contributed by atoms with Gasteiger partial charge in [0, 0.05) is 6.42 Å². The minimum absolute atomic E-state index is 0.0317. The standard InChI is InChI=1S/C24H39NO4Si/c1-17(18-13-11-10-12-14-18)25-19(26)15-24(21(27)28,20(25)22(2,3)4)16-29-30(8,9)23(5,6)7/h10-14,17,20H,15-16H2,1-9H3,(H,27,28)/t17-,20?,24-/m1/s1. The lowest BCUT2D eigenvalue weighted by molar-refractivity contribution is -0.156. The van der Waals surface area contributed by atoms with Gasteiger partial charge in [-0.05, 0) is 36.0 Å². The van der Waals surface area contributed by atoms with Crippen molar-refractivity contribution in [3.63, 3.8) is 0 Å². The van der Waals surface area contributed by atoms with Crippen molar-refractivity contribution in [2.24, 2.45) is 10.8 Å². The van der Waals surface area contributed by atoms with E-state index in [2.05, 4.69) is 33.9 Å². The topological polar surface area (TPSA) is 66.8 Å². The Morgan fingerprint density at radius 3 is 2.17 bits per heavy atom. The number of aliphatic carboxylic acids is 1. The summed E-state index contributed by atoms with van der Waals surface area (Å²) in [5, 5.41) is 10.4. The molecule has 0 spiro atoms. The summed E-state index contributed by atoms with van der Waals surface area (Å²) >= 11 is 0. The van der Waals surface area contributed by atoms with Gasteiger partial charge in [0.2, 0.25) is 5.91 Å². The fourth-order valence-corrected chi connectivity index (χ4v) is 5.41. The number of likely N-dealkylation sites (tertiary alicyclic amines) is 1. The number of carbonyl (C=O) groups is 2. The SMILES string of the molecule is C[C@H](c1ccccc1)N1C(=O)C[C@](CO[Si](C)(C)C(C)(C)C)(C(=O)O)C1C(C)(C)C. The summed E-state index contributed by atoms with van der Waals surface area (Å²) < 4.78 is 6.43. The molecule has 1 N–H and O–H groups in total. The Labute approximate surface area is 182 Å². The van der Waals surface area contributed by atoms with Crippen molar-refractivity contribution in [3.05, 3.63) is 35.9 Å². The molecule has 30 heavy (non-hydrogen) atoms. The fourth-order valence-electron chi connectivity index (χ4n) is 4.36. The van der Waals surface area contributed by atoms with E-state index in [-0.39, 0.29) is 30.0 Å². The molecule has 3 atom stereocenters. The quantitative estimate of drug-likeness (QED) is 0.603. The van der Waals surface area contributed by atoms with Crippen LogP contribution in [0.1, 0.15) is 66.5 Å². The Bertz CT molecular complexity index is 779. The number of carboxylic acid groups (broad SMARTS) is 1. The monoisotopic (exact) mass is 433 g/mol. The Kier molecular flexibility index (Phi) is 6.66. The zero-order valence-corrected chi connectivity index (χ0v) is 21.1. The lowest BCUT2D eigenvalue weighted by atomic mass is 9.69. The Hall–Kier alpha value is -1.66. The lowest BCUT2D eigenvalue weighted by Gasteiger charge is -2.46. The zero-order chi connectivity index (χ0) is 23.1. The van der Waals surface area contributed by atoms with Crippen LogP contribution < -0.4 is 0 Å². The van der Waals surface area contributed by atoms with Crippen molar-refractivity contribution in [2.75, 3.05) is 6.61 Å². The molecule has 2 rings (SSSR count). The molecule has 5 nitrogen and oxygen atoms in total. The molecule has 0 saturated carbocycles. The smallest absolute Gasteiger partial charge is 0.314 e. The maximum atomic E-state index is 13.3. The van der Waals surface area contributed by atoms with Crippen LogP contribution in [0, 0.1) is 10.8 Å². The van der Waals surface area contributed by atoms with Gasteiger partial charge < -0.3 is 14.4 Å². The third kappa shape index (κ3) is 4.49. The predicted octanol–water partition coefficient (Wildman–Crippen LogP) is 5.49. The third-order valence-electron chi connectivity index (χ3n) is 7.00. The van der Waals surface area contributed by atoms with Crippen molar-refractivity contribution < 1.29 is 19.1 Å². The van der Waals surface area contributed by atoms with Crippen LogP contribution in [0.3, 0.4) is 0 Å². The minimum Gasteiger partial charge on any atom is -0.481 e. The fraction of sp³-hybridized carbons (Fsp3) is 0.667. The van der Waals surface area contributed by atoms with E-state index in [1.165, 1.54) is 0 Å². The van der Waals surface area contributed by atoms with Gasteiger partial charge in [0.1, 0.15) is 5.41 Å². The van der Waals surface area contributed by atoms with Gasteiger partial charge in [-0.1, -0.05) is 71.9 Å². The van der Waals surface area contributed by atoms with Crippen molar-refractivity contribution in [1.29, 1.82) is 0 Å². The van der Waals surface area contributed by atoms with Gasteiger partial charge in [-0.15, -0.1) is 0 Å². The average molecular weight is 434 g/mol. The largest absolute Gasteiger partial charge is 0.481 e. The van der Waals surface area contributed by atoms with Gasteiger partial charge >= 0.3 is 5.97 Å². The molecule has 1 amide bonds. The van der Waals surface area contributed by atoms with E-state index in [0.717, 1.165) is 5.56 Å². The highest BCUT2D eigenvalue weighted by molar-refractivity contribution is 6.74. The van der Waals surface area contributed by atoms with E-state index in [1.807, 2.05) is 58.0 Å². The van der Waals surface area contributed by atoms with Crippen LogP contribution >= 0.6 is 0 Å². The summed E-state index contributed by atoms with van der Waals surface area (Å²) in [6.07, 6.45) is -0.0317. The number of amides is 1. The normalized spacial score (nSPS) is 24.2. The first-order chi connectivity index (χ1) is 13.5. The van der Waals surface area contributed by atoms with Crippen LogP contribution in [-0.2, 0) is 14.0 Å². The molecule has 1 aromatic rings. The molecule has 0 aromatic heterocycles. The highest BCUT2D eigenvalue weighted by Crippen LogP contribution is 2.51. The van der Waals surface area contributed by atoms with Crippen LogP contribution in [0.4, 0.5) is 0 Å². The summed E-state index contributed by atoms with van der Waals surface area (Å²) in [5.74, 6) is -1.07. The van der Waals surface area contributed by atoms with Gasteiger partial charge in [0.15, 0.2) is 8.32 Å². The molecular formula is C24H39NO4Si. The molecule has 0 aliphatic carbocycles. The van der Waals surface area contributed by atoms with Crippen molar-refractivity contribution in [1.82, 2.24) is 4.90 Å². The van der Waals surface area contributed by atoms with E-state index in [0.29, 0.717) is 0 Å². The predicted molar refractivity (Wildman–Crippen MR) is 123 cm³/mol. The van der Waals surface area contributed by atoms with Gasteiger partial charge in [0.05, 0.1) is 18.7 Å². The molecule has 1 fully saturated rings. The van der Waals surface area contributed by atoms with Gasteiger partial charge in [-0.2, -0.15) is 0 Å². The highest BCUT2D eigenvalue weighted by Gasteiger charge is 2.62. The van der Waals surface area contributed by atoms with Gasteiger partial charge in [0.25, 0.3) is 0 Å². The van der Waals surface area contributed by atoms with E-state index in [9.17, 15) is 14.7 Å². The zero-order valence-electron chi connectivity index (χ0n) is 20.1. The number of nitrogens with zero attached hydrogens (tertiary/aromatic N) is 1. The summed E-state index contributed by atoms with van der Waals surface area (Å²) in [7, 11) is -2.18. The van der Waals surface area contributed by atoms with Crippen molar-refractivity contribution >= 4 is 20.2 Å². The average Bonchev–Trinajstić information content (AvgIpc) is 2.93. The lowest BCUT2D eigenvalue weighted by Crippen LogP contribution is -2.56. The number of hydrogen-bond donors (Lipinski definition) is 1. The molecule has 1 unspecified atom stereocenters. The van der Waals surface area contributed by atoms with E-state index in [1.54, 1.807) is 4.90 Å². The maximum absolute atomic E-state index is 13.3.